The maximum Gasteiger partial charge on any atom is 0.269 e. The van der Waals surface area contributed by atoms with Crippen LogP contribution in [0.4, 0.5) is 0 Å². The molecule has 8 nitrogen and oxygen atoms in total. The molecule has 0 saturated carbocycles. The molecule has 1 heterocycles. The van der Waals surface area contributed by atoms with Crippen LogP contribution in [-0.4, -0.2) is 38.7 Å². The molecule has 0 atom stereocenters. The van der Waals surface area contributed by atoms with Gasteiger partial charge in [-0.1, -0.05) is 13.0 Å². The van der Waals surface area contributed by atoms with Gasteiger partial charge in [-0.15, -0.1) is 0 Å². The van der Waals surface area contributed by atoms with E-state index in [0.717, 1.165) is 12.0 Å². The molecule has 0 bridgehead atoms. The average Bonchev–Trinajstić information content (AvgIpc) is 2.79. The highest BCUT2D eigenvalue weighted by molar-refractivity contribution is 5.98. The molecule has 0 fully saturated rings. The molecule has 0 spiro atoms. The van der Waals surface area contributed by atoms with Gasteiger partial charge < -0.3 is 18.9 Å². The summed E-state index contributed by atoms with van der Waals surface area (Å²) >= 11 is 0. The minimum atomic E-state index is -0.479. The van der Waals surface area contributed by atoms with E-state index in [4.69, 9.17) is 18.9 Å². The van der Waals surface area contributed by atoms with E-state index >= 15 is 0 Å². The summed E-state index contributed by atoms with van der Waals surface area (Å²) in [5.74, 6) is 1.36. The molecule has 8 heteroatoms. The predicted molar refractivity (Wildman–Crippen MR) is 111 cm³/mol. The van der Waals surface area contributed by atoms with Gasteiger partial charge in [0.05, 0.1) is 13.7 Å². The fraction of sp³-hybridized carbons (Fsp3) is 0.273. The van der Waals surface area contributed by atoms with Gasteiger partial charge >= 0.3 is 0 Å². The summed E-state index contributed by atoms with van der Waals surface area (Å²) in [7, 11) is 1.50. The molecule has 2 N–H and O–H groups in total. The van der Waals surface area contributed by atoms with Crippen molar-refractivity contribution >= 4 is 17.9 Å². The van der Waals surface area contributed by atoms with Crippen LogP contribution in [0.15, 0.2) is 42.5 Å². The van der Waals surface area contributed by atoms with Crippen LogP contribution in [0.1, 0.15) is 29.3 Å². The van der Waals surface area contributed by atoms with Crippen molar-refractivity contribution in [1.82, 2.24) is 10.9 Å². The van der Waals surface area contributed by atoms with Gasteiger partial charge in [-0.3, -0.25) is 20.4 Å². The van der Waals surface area contributed by atoms with E-state index in [-0.39, 0.29) is 0 Å². The standard InChI is InChI=1S/C22H24N2O6/c1-3-10-28-17-8-6-16(14-19(17)27-2)22(26)24-23-21(25)9-5-15-4-7-18-20(13-15)30-12-11-29-18/h4-9,13-14H,3,10-12H2,1-2H3,(H,23,25)(H,24,26)/b9-5+. The molecule has 30 heavy (non-hydrogen) atoms. The molecule has 0 aromatic heterocycles. The molecule has 2 aromatic carbocycles. The number of carbonyl (C=O) groups is 2. The van der Waals surface area contributed by atoms with E-state index in [1.54, 1.807) is 36.4 Å². The Kier molecular flexibility index (Phi) is 7.15. The fourth-order valence-electron chi connectivity index (χ4n) is 2.71. The van der Waals surface area contributed by atoms with E-state index in [9.17, 15) is 9.59 Å². The highest BCUT2D eigenvalue weighted by Crippen LogP contribution is 2.31. The lowest BCUT2D eigenvalue weighted by Crippen LogP contribution is -2.40. The zero-order valence-electron chi connectivity index (χ0n) is 16.9. The molecule has 1 aliphatic rings. The zero-order chi connectivity index (χ0) is 21.3. The van der Waals surface area contributed by atoms with Gasteiger partial charge in [-0.05, 0) is 48.4 Å². The Morgan fingerprint density at radius 1 is 1.03 bits per heavy atom. The SMILES string of the molecule is CCCOc1ccc(C(=O)NNC(=O)/C=C/c2ccc3c(c2)OCCO3)cc1OC. The number of nitrogens with one attached hydrogen (secondary N) is 2. The lowest BCUT2D eigenvalue weighted by atomic mass is 10.2. The molecule has 158 valence electrons. The van der Waals surface area contributed by atoms with E-state index in [2.05, 4.69) is 10.9 Å². The van der Waals surface area contributed by atoms with Gasteiger partial charge in [0.1, 0.15) is 13.2 Å². The number of carbonyl (C=O) groups excluding carboxylic acids is 2. The normalized spacial score (nSPS) is 12.3. The van der Waals surface area contributed by atoms with Crippen molar-refractivity contribution in [2.45, 2.75) is 13.3 Å². The molecule has 2 amide bonds. The lowest BCUT2D eigenvalue weighted by molar-refractivity contribution is -0.117. The number of methoxy groups -OCH3 is 1. The second-order valence-corrected chi connectivity index (χ2v) is 6.39. The van der Waals surface area contributed by atoms with Crippen LogP contribution in [0.3, 0.4) is 0 Å². The van der Waals surface area contributed by atoms with Crippen molar-refractivity contribution in [3.63, 3.8) is 0 Å². The average molecular weight is 412 g/mol. The number of hydrogen-bond donors (Lipinski definition) is 2. The second-order valence-electron chi connectivity index (χ2n) is 6.39. The molecule has 0 saturated heterocycles. The third kappa shape index (κ3) is 5.44. The Morgan fingerprint density at radius 2 is 1.83 bits per heavy atom. The van der Waals surface area contributed by atoms with Crippen molar-refractivity contribution in [1.29, 1.82) is 0 Å². The summed E-state index contributed by atoms with van der Waals surface area (Å²) < 4.78 is 21.8. The topological polar surface area (TPSA) is 95.1 Å². The first-order valence-corrected chi connectivity index (χ1v) is 9.59. The highest BCUT2D eigenvalue weighted by atomic mass is 16.6. The maximum absolute atomic E-state index is 12.3. The predicted octanol–water partition coefficient (Wildman–Crippen LogP) is 2.73. The monoisotopic (exact) mass is 412 g/mol. The molecule has 0 aliphatic carbocycles. The van der Waals surface area contributed by atoms with E-state index in [0.29, 0.717) is 48.4 Å². The van der Waals surface area contributed by atoms with Crippen LogP contribution >= 0.6 is 0 Å². The van der Waals surface area contributed by atoms with Crippen LogP contribution in [-0.2, 0) is 4.79 Å². The number of benzene rings is 2. The zero-order valence-corrected chi connectivity index (χ0v) is 16.9. The number of amides is 2. The molecule has 2 aromatic rings. The Morgan fingerprint density at radius 3 is 2.60 bits per heavy atom. The summed E-state index contributed by atoms with van der Waals surface area (Å²) in [6.07, 6.45) is 3.79. The Bertz CT molecular complexity index is 941. The third-order valence-electron chi connectivity index (χ3n) is 4.18. The Hall–Kier alpha value is -3.68. The van der Waals surface area contributed by atoms with Crippen LogP contribution in [0, 0.1) is 0 Å². The quantitative estimate of drug-likeness (QED) is 0.536. The largest absolute Gasteiger partial charge is 0.493 e. The number of rotatable bonds is 7. The van der Waals surface area contributed by atoms with Gasteiger partial charge in [0, 0.05) is 11.6 Å². The molecule has 0 unspecified atom stereocenters. The first kappa shape index (κ1) is 21.0. The number of ether oxygens (including phenoxy) is 4. The molecule has 3 rings (SSSR count). The second kappa shape index (κ2) is 10.2. The van der Waals surface area contributed by atoms with Crippen LogP contribution in [0.2, 0.25) is 0 Å². The number of fused-ring (bicyclic) bond motifs is 1. The van der Waals surface area contributed by atoms with Gasteiger partial charge in [0.15, 0.2) is 23.0 Å². The van der Waals surface area contributed by atoms with Crippen molar-refractivity contribution in [2.75, 3.05) is 26.9 Å². The van der Waals surface area contributed by atoms with Crippen molar-refractivity contribution in [3.8, 4) is 23.0 Å². The first-order valence-electron chi connectivity index (χ1n) is 9.59. The van der Waals surface area contributed by atoms with Crippen molar-refractivity contribution < 1.29 is 28.5 Å². The van der Waals surface area contributed by atoms with Gasteiger partial charge in [0.25, 0.3) is 11.8 Å². The minimum Gasteiger partial charge on any atom is -0.493 e. The van der Waals surface area contributed by atoms with Gasteiger partial charge in [-0.25, -0.2) is 0 Å². The lowest BCUT2D eigenvalue weighted by Gasteiger charge is -2.18. The van der Waals surface area contributed by atoms with Crippen LogP contribution < -0.4 is 29.8 Å². The summed E-state index contributed by atoms with van der Waals surface area (Å²) in [4.78, 5) is 24.3. The Labute approximate surface area is 174 Å². The fourth-order valence-corrected chi connectivity index (χ4v) is 2.71. The van der Waals surface area contributed by atoms with Crippen molar-refractivity contribution in [3.05, 3.63) is 53.6 Å². The van der Waals surface area contributed by atoms with Crippen LogP contribution in [0.5, 0.6) is 23.0 Å². The third-order valence-corrected chi connectivity index (χ3v) is 4.18. The number of hydrogen-bond acceptors (Lipinski definition) is 6. The highest BCUT2D eigenvalue weighted by Gasteiger charge is 2.12. The smallest absolute Gasteiger partial charge is 0.269 e. The molecular weight excluding hydrogens is 388 g/mol. The van der Waals surface area contributed by atoms with E-state index in [1.165, 1.54) is 13.2 Å². The molecular formula is C22H24N2O6. The molecule has 0 radical (unpaired) electrons. The van der Waals surface area contributed by atoms with E-state index < -0.39 is 11.8 Å². The van der Waals surface area contributed by atoms with E-state index in [1.807, 2.05) is 13.0 Å². The minimum absolute atomic E-state index is 0.326. The first-order chi connectivity index (χ1) is 14.6. The molecule has 1 aliphatic heterocycles. The van der Waals surface area contributed by atoms with Crippen LogP contribution in [0.25, 0.3) is 6.08 Å². The maximum atomic E-state index is 12.3. The summed E-state index contributed by atoms with van der Waals surface area (Å²) in [5.41, 5.74) is 5.81. The van der Waals surface area contributed by atoms with Gasteiger partial charge in [-0.2, -0.15) is 0 Å². The Balaban J connectivity index is 1.55. The van der Waals surface area contributed by atoms with Gasteiger partial charge in [0.2, 0.25) is 0 Å². The summed E-state index contributed by atoms with van der Waals surface area (Å²) in [6.45, 7) is 3.56. The summed E-state index contributed by atoms with van der Waals surface area (Å²) in [5, 5.41) is 0. The van der Waals surface area contributed by atoms with Crippen molar-refractivity contribution in [2.24, 2.45) is 0 Å². The summed E-state index contributed by atoms with van der Waals surface area (Å²) in [6, 6.07) is 10.2. The number of hydrazine groups is 1.